The van der Waals surface area contributed by atoms with Gasteiger partial charge in [0.05, 0.1) is 0 Å². The third-order valence-corrected chi connectivity index (χ3v) is 4.12. The summed E-state index contributed by atoms with van der Waals surface area (Å²) in [4.78, 5) is 13.1. The maximum atomic E-state index is 12.4. The van der Waals surface area contributed by atoms with Crippen molar-refractivity contribution < 1.29 is 4.79 Å². The van der Waals surface area contributed by atoms with E-state index in [2.05, 4.69) is 15.5 Å². The molecule has 3 rings (SSSR count). The van der Waals surface area contributed by atoms with Crippen LogP contribution in [0.3, 0.4) is 0 Å². The van der Waals surface area contributed by atoms with Gasteiger partial charge >= 0.3 is 0 Å². The average Bonchev–Trinajstić information content (AvgIpc) is 3.17. The molecular formula is C16H15N3OS. The number of aryl methyl sites for hydroxylation is 1. The number of rotatable bonds is 4. The van der Waals surface area contributed by atoms with Gasteiger partial charge in [0.1, 0.15) is 4.88 Å². The largest absolute Gasteiger partial charge is 0.304 e. The molecule has 4 nitrogen and oxygen atoms in total. The highest BCUT2D eigenvalue weighted by Crippen LogP contribution is 2.28. The fourth-order valence-electron chi connectivity index (χ4n) is 2.11. The molecular weight excluding hydrogens is 282 g/mol. The summed E-state index contributed by atoms with van der Waals surface area (Å²) in [5, 5.41) is 11.7. The number of carbonyl (C=O) groups excluding carboxylic acids is 1. The first-order valence-electron chi connectivity index (χ1n) is 6.76. The van der Waals surface area contributed by atoms with Crippen LogP contribution in [0.1, 0.15) is 22.3 Å². The van der Waals surface area contributed by atoms with Gasteiger partial charge in [0, 0.05) is 17.3 Å². The minimum Gasteiger partial charge on any atom is -0.304 e. The van der Waals surface area contributed by atoms with E-state index in [1.165, 1.54) is 11.3 Å². The summed E-state index contributed by atoms with van der Waals surface area (Å²) in [6.07, 6.45) is 0.858. The Morgan fingerprint density at radius 2 is 2.10 bits per heavy atom. The van der Waals surface area contributed by atoms with Crippen LogP contribution < -0.4 is 5.32 Å². The highest BCUT2D eigenvalue weighted by molar-refractivity contribution is 7.12. The van der Waals surface area contributed by atoms with Crippen molar-refractivity contribution in [1.29, 1.82) is 0 Å². The zero-order chi connectivity index (χ0) is 14.7. The summed E-state index contributed by atoms with van der Waals surface area (Å²) in [5.41, 5.74) is 2.99. The van der Waals surface area contributed by atoms with Gasteiger partial charge in [-0.15, -0.1) is 11.3 Å². The van der Waals surface area contributed by atoms with Crippen LogP contribution in [0.4, 0.5) is 5.82 Å². The van der Waals surface area contributed by atoms with E-state index in [0.29, 0.717) is 10.7 Å². The Labute approximate surface area is 126 Å². The number of H-pyrrole nitrogens is 1. The van der Waals surface area contributed by atoms with E-state index in [4.69, 9.17) is 0 Å². The summed E-state index contributed by atoms with van der Waals surface area (Å²) in [6, 6.07) is 13.7. The topological polar surface area (TPSA) is 57.8 Å². The fraction of sp³-hybridized carbons (Fsp3) is 0.125. The molecule has 0 unspecified atom stereocenters. The van der Waals surface area contributed by atoms with Crippen LogP contribution in [0, 0.1) is 0 Å². The van der Waals surface area contributed by atoms with E-state index >= 15 is 0 Å². The van der Waals surface area contributed by atoms with Gasteiger partial charge in [0.2, 0.25) is 0 Å². The third-order valence-electron chi connectivity index (χ3n) is 3.21. The van der Waals surface area contributed by atoms with Gasteiger partial charge in [-0.2, -0.15) is 5.10 Å². The zero-order valence-electron chi connectivity index (χ0n) is 11.6. The lowest BCUT2D eigenvalue weighted by atomic mass is 10.1. The number of amides is 1. The monoisotopic (exact) mass is 297 g/mol. The number of benzene rings is 1. The predicted octanol–water partition coefficient (Wildman–Crippen LogP) is 3.95. The van der Waals surface area contributed by atoms with E-state index in [-0.39, 0.29) is 5.91 Å². The van der Waals surface area contributed by atoms with Gasteiger partial charge in [-0.25, -0.2) is 0 Å². The van der Waals surface area contributed by atoms with Crippen molar-refractivity contribution in [3.63, 3.8) is 0 Å². The second kappa shape index (κ2) is 5.93. The Morgan fingerprint density at radius 3 is 2.81 bits per heavy atom. The Kier molecular flexibility index (Phi) is 3.83. The summed E-state index contributed by atoms with van der Waals surface area (Å²) in [7, 11) is 0. The maximum Gasteiger partial charge on any atom is 0.267 e. The van der Waals surface area contributed by atoms with Crippen molar-refractivity contribution >= 4 is 23.1 Å². The van der Waals surface area contributed by atoms with Crippen LogP contribution in [0.25, 0.3) is 11.1 Å². The van der Waals surface area contributed by atoms with Crippen molar-refractivity contribution in [3.8, 4) is 11.1 Å². The third kappa shape index (κ3) is 2.87. The Bertz CT molecular complexity index is 746. The second-order valence-electron chi connectivity index (χ2n) is 4.62. The van der Waals surface area contributed by atoms with Crippen molar-refractivity contribution in [3.05, 3.63) is 58.4 Å². The lowest BCUT2D eigenvalue weighted by molar-refractivity contribution is 0.103. The van der Waals surface area contributed by atoms with Gasteiger partial charge in [-0.1, -0.05) is 37.3 Å². The fourth-order valence-corrected chi connectivity index (χ4v) is 2.92. The highest BCUT2D eigenvalue weighted by Gasteiger charge is 2.15. The summed E-state index contributed by atoms with van der Waals surface area (Å²) in [5.74, 6) is 0.433. The first-order valence-corrected chi connectivity index (χ1v) is 7.64. The van der Waals surface area contributed by atoms with Crippen molar-refractivity contribution in [2.75, 3.05) is 5.32 Å². The molecule has 0 fully saturated rings. The summed E-state index contributed by atoms with van der Waals surface area (Å²) < 4.78 is 0. The molecule has 1 amide bonds. The Balaban J connectivity index is 1.84. The van der Waals surface area contributed by atoms with Crippen LogP contribution in [-0.4, -0.2) is 16.1 Å². The molecule has 0 saturated carbocycles. The number of aromatic nitrogens is 2. The molecule has 106 valence electrons. The van der Waals surface area contributed by atoms with E-state index in [9.17, 15) is 4.79 Å². The predicted molar refractivity (Wildman–Crippen MR) is 85.7 cm³/mol. The molecule has 5 heteroatoms. The van der Waals surface area contributed by atoms with Crippen LogP contribution in [0.5, 0.6) is 0 Å². The number of carbonyl (C=O) groups is 1. The molecule has 1 aromatic carbocycles. The van der Waals surface area contributed by atoms with Crippen molar-refractivity contribution in [2.45, 2.75) is 13.3 Å². The maximum absolute atomic E-state index is 12.4. The molecule has 0 aliphatic rings. The van der Waals surface area contributed by atoms with Crippen molar-refractivity contribution in [2.24, 2.45) is 0 Å². The van der Waals surface area contributed by atoms with Crippen LogP contribution in [-0.2, 0) is 6.42 Å². The standard InChI is InChI=1S/C16H15N3OS/c1-2-12-10-14(19-18-12)17-16(20)15-13(8-9-21-15)11-6-4-3-5-7-11/h3-10H,2H2,1H3,(H2,17,18,19,20). The normalized spacial score (nSPS) is 10.5. The summed E-state index contributed by atoms with van der Waals surface area (Å²) in [6.45, 7) is 2.03. The number of thiophene rings is 1. The van der Waals surface area contributed by atoms with Crippen LogP contribution >= 0.6 is 11.3 Å². The first kappa shape index (κ1) is 13.6. The molecule has 2 heterocycles. The van der Waals surface area contributed by atoms with E-state index < -0.39 is 0 Å². The zero-order valence-corrected chi connectivity index (χ0v) is 12.4. The molecule has 21 heavy (non-hydrogen) atoms. The molecule has 0 atom stereocenters. The molecule has 0 bridgehead atoms. The number of hydrogen-bond acceptors (Lipinski definition) is 3. The minimum atomic E-state index is -0.127. The second-order valence-corrected chi connectivity index (χ2v) is 5.53. The summed E-state index contributed by atoms with van der Waals surface area (Å²) >= 11 is 1.43. The van der Waals surface area contributed by atoms with E-state index in [1.54, 1.807) is 0 Å². The van der Waals surface area contributed by atoms with Gasteiger partial charge in [-0.3, -0.25) is 9.89 Å². The molecule has 2 N–H and O–H groups in total. The molecule has 0 spiro atoms. The lowest BCUT2D eigenvalue weighted by Gasteiger charge is -2.04. The minimum absolute atomic E-state index is 0.127. The number of aromatic amines is 1. The van der Waals surface area contributed by atoms with E-state index in [0.717, 1.165) is 23.2 Å². The van der Waals surface area contributed by atoms with Crippen LogP contribution in [0.2, 0.25) is 0 Å². The van der Waals surface area contributed by atoms with Gasteiger partial charge in [0.25, 0.3) is 5.91 Å². The first-order chi connectivity index (χ1) is 10.3. The molecule has 0 aliphatic heterocycles. The number of nitrogens with one attached hydrogen (secondary N) is 2. The van der Waals surface area contributed by atoms with Crippen molar-refractivity contribution in [1.82, 2.24) is 10.2 Å². The molecule has 0 radical (unpaired) electrons. The number of anilines is 1. The van der Waals surface area contributed by atoms with Gasteiger partial charge in [0.15, 0.2) is 5.82 Å². The molecule has 2 aromatic heterocycles. The highest BCUT2D eigenvalue weighted by atomic mass is 32.1. The lowest BCUT2D eigenvalue weighted by Crippen LogP contribution is -2.11. The van der Waals surface area contributed by atoms with Gasteiger partial charge in [-0.05, 0) is 23.4 Å². The average molecular weight is 297 g/mol. The Hall–Kier alpha value is -2.40. The molecule has 0 aliphatic carbocycles. The SMILES string of the molecule is CCc1cc(NC(=O)c2sccc2-c2ccccc2)n[nH]1. The number of hydrogen-bond donors (Lipinski definition) is 2. The van der Waals surface area contributed by atoms with Crippen LogP contribution in [0.15, 0.2) is 47.8 Å². The van der Waals surface area contributed by atoms with Gasteiger partial charge < -0.3 is 5.32 Å². The quantitative estimate of drug-likeness (QED) is 0.766. The molecule has 3 aromatic rings. The van der Waals surface area contributed by atoms with E-state index in [1.807, 2.05) is 54.8 Å². The Morgan fingerprint density at radius 1 is 1.29 bits per heavy atom. The molecule has 0 saturated heterocycles. The number of nitrogens with zero attached hydrogens (tertiary/aromatic N) is 1. The smallest absolute Gasteiger partial charge is 0.267 e.